The minimum absolute atomic E-state index is 0.0979. The van der Waals surface area contributed by atoms with E-state index in [0.29, 0.717) is 17.1 Å². The van der Waals surface area contributed by atoms with Crippen LogP contribution in [0.15, 0.2) is 58.3 Å². The number of carbonyl (C=O) groups is 2. The fraction of sp³-hybridized carbons (Fsp3) is 0.105. The highest BCUT2D eigenvalue weighted by molar-refractivity contribution is 8.00. The van der Waals surface area contributed by atoms with Gasteiger partial charge in [0, 0.05) is 11.1 Å². The van der Waals surface area contributed by atoms with Crippen molar-refractivity contribution >= 4 is 40.6 Å². The number of benzene rings is 2. The second-order valence-electron chi connectivity index (χ2n) is 5.65. The second-order valence-corrected chi connectivity index (χ2v) is 7.74. The highest BCUT2D eigenvalue weighted by Crippen LogP contribution is 2.26. The molecule has 2 amide bonds. The van der Waals surface area contributed by atoms with E-state index in [9.17, 15) is 14.0 Å². The fourth-order valence-corrected chi connectivity index (χ4v) is 4.13. The highest BCUT2D eigenvalue weighted by Gasteiger charge is 2.12. The van der Waals surface area contributed by atoms with E-state index < -0.39 is 5.91 Å². The molecule has 0 aliphatic rings. The van der Waals surface area contributed by atoms with Gasteiger partial charge in [-0.1, -0.05) is 36.0 Å². The smallest absolute Gasteiger partial charge is 0.250 e. The topological polar surface area (TPSA) is 85.1 Å². The van der Waals surface area contributed by atoms with Crippen molar-refractivity contribution < 1.29 is 14.0 Å². The summed E-state index contributed by atoms with van der Waals surface area (Å²) in [6.45, 7) is 0. The lowest BCUT2D eigenvalue weighted by Crippen LogP contribution is -2.19. The third-order valence-electron chi connectivity index (χ3n) is 3.61. The number of nitrogens with one attached hydrogen (secondary N) is 1. The van der Waals surface area contributed by atoms with Crippen LogP contribution in [-0.2, 0) is 17.0 Å². The first-order valence-electron chi connectivity index (χ1n) is 8.01. The predicted octanol–water partition coefficient (Wildman–Crippen LogP) is 3.85. The van der Waals surface area contributed by atoms with Gasteiger partial charge in [0.15, 0.2) is 0 Å². The molecular weight excluding hydrogens is 385 g/mol. The van der Waals surface area contributed by atoms with Crippen molar-refractivity contribution in [3.8, 4) is 0 Å². The summed E-state index contributed by atoms with van der Waals surface area (Å²) >= 11 is 2.98. The van der Waals surface area contributed by atoms with E-state index in [1.165, 1.54) is 35.2 Å². The van der Waals surface area contributed by atoms with E-state index >= 15 is 0 Å². The minimum atomic E-state index is -0.598. The summed E-state index contributed by atoms with van der Waals surface area (Å²) in [5.41, 5.74) is 7.61. The van der Waals surface area contributed by atoms with Crippen molar-refractivity contribution in [3.63, 3.8) is 0 Å². The molecule has 0 atom stereocenters. The normalized spacial score (nSPS) is 10.6. The lowest BCUT2D eigenvalue weighted by atomic mass is 10.1. The summed E-state index contributed by atoms with van der Waals surface area (Å²) in [6, 6.07) is 12.9. The number of thiazole rings is 1. The third-order valence-corrected chi connectivity index (χ3v) is 5.76. The molecule has 0 radical (unpaired) electrons. The summed E-state index contributed by atoms with van der Waals surface area (Å²) in [6.07, 6.45) is 0.0979. The van der Waals surface area contributed by atoms with Gasteiger partial charge in [-0.2, -0.15) is 0 Å². The molecule has 5 nitrogen and oxygen atoms in total. The number of halogens is 1. The van der Waals surface area contributed by atoms with Crippen molar-refractivity contribution in [2.45, 2.75) is 16.5 Å². The number of nitrogens with zero attached hydrogens (tertiary/aromatic N) is 1. The molecule has 0 unspecified atom stereocenters. The van der Waals surface area contributed by atoms with Crippen LogP contribution in [0.4, 0.5) is 10.1 Å². The largest absolute Gasteiger partial charge is 0.366 e. The number of nitrogens with two attached hydrogens (primary N) is 1. The van der Waals surface area contributed by atoms with Gasteiger partial charge in [-0.3, -0.25) is 9.59 Å². The average Bonchev–Trinajstić information content (AvgIpc) is 3.08. The molecule has 138 valence electrons. The monoisotopic (exact) mass is 401 g/mol. The standard InChI is InChI=1S/C19H16FN3O2S2/c20-13-7-5-12(6-8-13)10-26-19-22-14(11-27-19)9-17(24)23-16-4-2-1-3-15(16)18(21)25/h1-8,11H,9-10H2,(H2,21,25)(H,23,24). The summed E-state index contributed by atoms with van der Waals surface area (Å²) in [7, 11) is 0. The molecule has 0 aliphatic heterocycles. The first kappa shape index (κ1) is 19.1. The van der Waals surface area contributed by atoms with E-state index in [1.54, 1.807) is 36.4 Å². The van der Waals surface area contributed by atoms with Crippen LogP contribution in [0, 0.1) is 5.82 Å². The molecule has 0 fully saturated rings. The zero-order valence-corrected chi connectivity index (χ0v) is 15.8. The Labute approximate surface area is 163 Å². The van der Waals surface area contributed by atoms with Crippen molar-refractivity contribution in [3.05, 3.63) is 76.5 Å². The Kier molecular flexibility index (Phi) is 6.20. The van der Waals surface area contributed by atoms with Crippen LogP contribution >= 0.6 is 23.1 Å². The van der Waals surface area contributed by atoms with Crippen LogP contribution in [-0.4, -0.2) is 16.8 Å². The van der Waals surface area contributed by atoms with Gasteiger partial charge in [0.2, 0.25) is 5.91 Å². The Balaban J connectivity index is 1.56. The summed E-state index contributed by atoms with van der Waals surface area (Å²) < 4.78 is 13.8. The van der Waals surface area contributed by atoms with E-state index in [1.807, 2.05) is 5.38 Å². The van der Waals surface area contributed by atoms with Crippen molar-refractivity contribution in [1.29, 1.82) is 0 Å². The number of para-hydroxylation sites is 1. The van der Waals surface area contributed by atoms with Crippen LogP contribution < -0.4 is 11.1 Å². The zero-order valence-electron chi connectivity index (χ0n) is 14.1. The van der Waals surface area contributed by atoms with Gasteiger partial charge in [0.1, 0.15) is 10.2 Å². The number of carbonyl (C=O) groups excluding carboxylic acids is 2. The van der Waals surface area contributed by atoms with Gasteiger partial charge in [-0.05, 0) is 29.8 Å². The lowest BCUT2D eigenvalue weighted by molar-refractivity contribution is -0.115. The van der Waals surface area contributed by atoms with Gasteiger partial charge in [0.25, 0.3) is 5.91 Å². The predicted molar refractivity (Wildman–Crippen MR) is 105 cm³/mol. The SMILES string of the molecule is NC(=O)c1ccccc1NC(=O)Cc1csc(SCc2ccc(F)cc2)n1. The lowest BCUT2D eigenvalue weighted by Gasteiger charge is -2.07. The van der Waals surface area contributed by atoms with Crippen LogP contribution in [0.5, 0.6) is 0 Å². The molecule has 3 aromatic rings. The van der Waals surface area contributed by atoms with E-state index in [-0.39, 0.29) is 23.7 Å². The molecule has 8 heteroatoms. The third kappa shape index (κ3) is 5.38. The molecule has 0 spiro atoms. The zero-order chi connectivity index (χ0) is 19.2. The Bertz CT molecular complexity index is 958. The first-order valence-corrected chi connectivity index (χ1v) is 9.88. The molecule has 1 heterocycles. The Morgan fingerprint density at radius 3 is 2.63 bits per heavy atom. The molecule has 0 saturated heterocycles. The van der Waals surface area contributed by atoms with E-state index in [0.717, 1.165) is 9.90 Å². The summed E-state index contributed by atoms with van der Waals surface area (Å²) in [5.74, 6) is -0.460. The Morgan fingerprint density at radius 2 is 1.89 bits per heavy atom. The van der Waals surface area contributed by atoms with E-state index in [2.05, 4.69) is 10.3 Å². The quantitative estimate of drug-likeness (QED) is 0.589. The van der Waals surface area contributed by atoms with Gasteiger partial charge in [-0.25, -0.2) is 9.37 Å². The molecule has 0 aliphatic carbocycles. The molecular formula is C19H16FN3O2S2. The maximum Gasteiger partial charge on any atom is 0.250 e. The Morgan fingerprint density at radius 1 is 1.15 bits per heavy atom. The summed E-state index contributed by atoms with van der Waals surface area (Å²) in [4.78, 5) is 28.1. The molecule has 2 aromatic carbocycles. The van der Waals surface area contributed by atoms with Crippen molar-refractivity contribution in [1.82, 2.24) is 4.98 Å². The van der Waals surface area contributed by atoms with Crippen LogP contribution in [0.1, 0.15) is 21.6 Å². The number of primary amides is 1. The molecule has 1 aromatic heterocycles. The molecule has 0 bridgehead atoms. The summed E-state index contributed by atoms with van der Waals surface area (Å²) in [5, 5.41) is 4.52. The molecule has 27 heavy (non-hydrogen) atoms. The number of hydrogen-bond donors (Lipinski definition) is 2. The van der Waals surface area contributed by atoms with Crippen LogP contribution in [0.25, 0.3) is 0 Å². The van der Waals surface area contributed by atoms with Gasteiger partial charge in [0.05, 0.1) is 23.4 Å². The number of aromatic nitrogens is 1. The van der Waals surface area contributed by atoms with Crippen molar-refractivity contribution in [2.24, 2.45) is 5.73 Å². The van der Waals surface area contributed by atoms with E-state index in [4.69, 9.17) is 5.73 Å². The maximum absolute atomic E-state index is 12.9. The number of amides is 2. The van der Waals surface area contributed by atoms with Crippen LogP contribution in [0.2, 0.25) is 0 Å². The van der Waals surface area contributed by atoms with Gasteiger partial charge >= 0.3 is 0 Å². The Hall–Kier alpha value is -2.71. The average molecular weight is 401 g/mol. The first-order chi connectivity index (χ1) is 13.0. The maximum atomic E-state index is 12.9. The molecule has 3 rings (SSSR count). The van der Waals surface area contributed by atoms with Gasteiger partial charge < -0.3 is 11.1 Å². The number of thioether (sulfide) groups is 1. The number of hydrogen-bond acceptors (Lipinski definition) is 5. The van der Waals surface area contributed by atoms with Crippen LogP contribution in [0.3, 0.4) is 0 Å². The van der Waals surface area contributed by atoms with Gasteiger partial charge in [-0.15, -0.1) is 11.3 Å². The van der Waals surface area contributed by atoms with Crippen molar-refractivity contribution in [2.75, 3.05) is 5.32 Å². The highest BCUT2D eigenvalue weighted by atomic mass is 32.2. The number of rotatable bonds is 7. The minimum Gasteiger partial charge on any atom is -0.366 e. The molecule has 0 saturated carbocycles. The fourth-order valence-electron chi connectivity index (χ4n) is 2.33. The number of anilines is 1. The second kappa shape index (κ2) is 8.79. The molecule has 3 N–H and O–H groups in total.